The highest BCUT2D eigenvalue weighted by Gasteiger charge is 2.13. The maximum Gasteiger partial charge on any atom is 0.178 e. The smallest absolute Gasteiger partial charge is 0.178 e. The number of benzene rings is 2. The number of hydrogen-bond acceptors (Lipinski definition) is 4. The second kappa shape index (κ2) is 6.75. The van der Waals surface area contributed by atoms with Crippen LogP contribution in [-0.4, -0.2) is 16.3 Å². The van der Waals surface area contributed by atoms with Crippen molar-refractivity contribution in [1.29, 1.82) is 0 Å². The molecule has 0 saturated carbocycles. The molecule has 2 heterocycles. The molecule has 0 fully saturated rings. The summed E-state index contributed by atoms with van der Waals surface area (Å²) in [6, 6.07) is 18.0. The van der Waals surface area contributed by atoms with Gasteiger partial charge in [-0.3, -0.25) is 9.78 Å². The Bertz CT molecular complexity index is 1060. The van der Waals surface area contributed by atoms with Crippen LogP contribution in [0.2, 0.25) is 5.02 Å². The molecule has 5 heteroatoms. The molecule has 0 saturated heterocycles. The number of pyridine rings is 1. The first-order valence-electron chi connectivity index (χ1n) is 7.78. The van der Waals surface area contributed by atoms with Gasteiger partial charge < -0.3 is 0 Å². The Morgan fingerprint density at radius 1 is 1.04 bits per heavy atom. The van der Waals surface area contributed by atoms with E-state index in [1.807, 2.05) is 54.6 Å². The van der Waals surface area contributed by atoms with Crippen LogP contribution in [0.1, 0.15) is 21.1 Å². The zero-order valence-electron chi connectivity index (χ0n) is 13.1. The molecular weight excluding hydrogens is 352 g/mol. The van der Waals surface area contributed by atoms with Crippen molar-refractivity contribution in [1.82, 2.24) is 9.97 Å². The van der Waals surface area contributed by atoms with E-state index >= 15 is 0 Å². The number of nitrogens with zero attached hydrogens (tertiary/aromatic N) is 2. The fraction of sp³-hybridized carbons (Fsp3) is 0.0500. The van der Waals surface area contributed by atoms with Gasteiger partial charge in [-0.2, -0.15) is 0 Å². The predicted molar refractivity (Wildman–Crippen MR) is 102 cm³/mol. The quantitative estimate of drug-likeness (QED) is 0.454. The molecule has 0 N–H and O–H groups in total. The molecule has 0 spiro atoms. The minimum absolute atomic E-state index is 0.466. The molecule has 0 unspecified atom stereocenters. The number of carbonyl (C=O) groups is 1. The van der Waals surface area contributed by atoms with Crippen molar-refractivity contribution >= 4 is 39.4 Å². The topological polar surface area (TPSA) is 42.9 Å². The number of halogens is 1. The van der Waals surface area contributed by atoms with Crippen molar-refractivity contribution in [3.05, 3.63) is 82.1 Å². The molecule has 0 aliphatic rings. The van der Waals surface area contributed by atoms with Gasteiger partial charge in [0.15, 0.2) is 11.3 Å². The third-order valence-corrected chi connectivity index (χ3v) is 5.41. The van der Waals surface area contributed by atoms with Crippen molar-refractivity contribution in [2.24, 2.45) is 0 Å². The molecule has 0 radical (unpaired) electrons. The molecule has 0 amide bonds. The lowest BCUT2D eigenvalue weighted by atomic mass is 10.0. The molecular formula is C20H13ClN2OS. The highest BCUT2D eigenvalue weighted by molar-refractivity contribution is 7.20. The lowest BCUT2D eigenvalue weighted by Crippen LogP contribution is -1.96. The number of aldehydes is 1. The molecule has 122 valence electrons. The summed E-state index contributed by atoms with van der Waals surface area (Å²) >= 11 is 8.05. The summed E-state index contributed by atoms with van der Waals surface area (Å²) in [5, 5.41) is 1.19. The summed E-state index contributed by atoms with van der Waals surface area (Å²) in [5.74, 6) is 0. The van der Waals surface area contributed by atoms with Gasteiger partial charge in [0, 0.05) is 18.2 Å². The molecule has 2 aromatic heterocycles. The maximum atomic E-state index is 11.0. The first kappa shape index (κ1) is 15.9. The van der Waals surface area contributed by atoms with E-state index in [1.54, 1.807) is 6.20 Å². The number of aromatic nitrogens is 2. The Labute approximate surface area is 154 Å². The molecule has 4 aromatic rings. The summed E-state index contributed by atoms with van der Waals surface area (Å²) in [4.78, 5) is 19.9. The second-order valence-corrected chi connectivity index (χ2v) is 7.04. The van der Waals surface area contributed by atoms with Gasteiger partial charge in [-0.15, -0.1) is 11.3 Å². The van der Waals surface area contributed by atoms with Crippen LogP contribution in [0.25, 0.3) is 21.3 Å². The highest BCUT2D eigenvalue weighted by atomic mass is 35.5. The lowest BCUT2D eigenvalue weighted by molar-refractivity contribution is 0.112. The van der Waals surface area contributed by atoms with Crippen LogP contribution < -0.4 is 0 Å². The van der Waals surface area contributed by atoms with Crippen LogP contribution in [-0.2, 0) is 6.42 Å². The number of fused-ring (bicyclic) bond motifs is 1. The predicted octanol–water partition coefficient (Wildman–Crippen LogP) is 5.42. The van der Waals surface area contributed by atoms with E-state index in [0.29, 0.717) is 11.4 Å². The largest absolute Gasteiger partial charge is 0.295 e. The molecule has 2 aromatic carbocycles. The third kappa shape index (κ3) is 3.06. The fourth-order valence-corrected chi connectivity index (χ4v) is 3.94. The maximum absolute atomic E-state index is 11.0. The van der Waals surface area contributed by atoms with Crippen LogP contribution in [0.3, 0.4) is 0 Å². The van der Waals surface area contributed by atoms with Gasteiger partial charge in [-0.05, 0) is 17.2 Å². The molecule has 0 aliphatic heterocycles. The summed E-state index contributed by atoms with van der Waals surface area (Å²) in [5.41, 5.74) is 4.67. The van der Waals surface area contributed by atoms with E-state index in [0.717, 1.165) is 43.9 Å². The Morgan fingerprint density at radius 3 is 2.68 bits per heavy atom. The van der Waals surface area contributed by atoms with E-state index in [-0.39, 0.29) is 0 Å². The summed E-state index contributed by atoms with van der Waals surface area (Å²) in [6.07, 6.45) is 3.09. The van der Waals surface area contributed by atoms with Crippen molar-refractivity contribution in [3.63, 3.8) is 0 Å². The normalized spacial score (nSPS) is 10.9. The van der Waals surface area contributed by atoms with Gasteiger partial charge in [-0.25, -0.2) is 4.98 Å². The third-order valence-electron chi connectivity index (χ3n) is 4.02. The van der Waals surface area contributed by atoms with Crippen LogP contribution in [0.15, 0.2) is 60.8 Å². The lowest BCUT2D eigenvalue weighted by Gasteiger charge is -2.10. The molecule has 25 heavy (non-hydrogen) atoms. The van der Waals surface area contributed by atoms with Gasteiger partial charge >= 0.3 is 0 Å². The van der Waals surface area contributed by atoms with Crippen molar-refractivity contribution < 1.29 is 4.79 Å². The van der Waals surface area contributed by atoms with Gasteiger partial charge in [0.1, 0.15) is 5.52 Å². The summed E-state index contributed by atoms with van der Waals surface area (Å²) in [7, 11) is 0. The average Bonchev–Trinajstić information content (AvgIpc) is 3.08. The van der Waals surface area contributed by atoms with Gasteiger partial charge in [0.25, 0.3) is 0 Å². The van der Waals surface area contributed by atoms with E-state index in [1.165, 1.54) is 11.3 Å². The van der Waals surface area contributed by atoms with E-state index in [2.05, 4.69) is 9.97 Å². The van der Waals surface area contributed by atoms with Gasteiger partial charge in [0.05, 0.1) is 15.4 Å². The molecule has 4 rings (SSSR count). The van der Waals surface area contributed by atoms with Crippen LogP contribution in [0.4, 0.5) is 0 Å². The first-order chi connectivity index (χ1) is 12.3. The molecule has 0 atom stereocenters. The van der Waals surface area contributed by atoms with E-state index in [9.17, 15) is 4.79 Å². The Kier molecular flexibility index (Phi) is 4.30. The number of thiazole rings is 1. The summed E-state index contributed by atoms with van der Waals surface area (Å²) < 4.78 is 0.961. The van der Waals surface area contributed by atoms with Gasteiger partial charge in [-0.1, -0.05) is 60.1 Å². The Morgan fingerprint density at radius 2 is 1.88 bits per heavy atom. The SMILES string of the molecule is O=Cc1nc2c(Cc3cccc(-c4ccccc4)c3Cl)nccc2s1. The van der Waals surface area contributed by atoms with Crippen LogP contribution >= 0.6 is 22.9 Å². The molecule has 0 bridgehead atoms. The van der Waals surface area contributed by atoms with Crippen molar-refractivity contribution in [3.8, 4) is 11.1 Å². The molecule has 0 aliphatic carbocycles. The highest BCUT2D eigenvalue weighted by Crippen LogP contribution is 2.33. The van der Waals surface area contributed by atoms with E-state index < -0.39 is 0 Å². The first-order valence-corrected chi connectivity index (χ1v) is 8.98. The van der Waals surface area contributed by atoms with Crippen molar-refractivity contribution in [2.75, 3.05) is 0 Å². The number of carbonyl (C=O) groups excluding carboxylic acids is 1. The Balaban J connectivity index is 1.77. The minimum Gasteiger partial charge on any atom is -0.295 e. The van der Waals surface area contributed by atoms with Crippen LogP contribution in [0.5, 0.6) is 0 Å². The summed E-state index contributed by atoms with van der Waals surface area (Å²) in [6.45, 7) is 0. The zero-order chi connectivity index (χ0) is 17.2. The number of hydrogen-bond donors (Lipinski definition) is 0. The Hall–Kier alpha value is -2.56. The molecule has 3 nitrogen and oxygen atoms in total. The number of rotatable bonds is 4. The van der Waals surface area contributed by atoms with Crippen molar-refractivity contribution in [2.45, 2.75) is 6.42 Å². The zero-order valence-corrected chi connectivity index (χ0v) is 14.7. The minimum atomic E-state index is 0.466. The average molecular weight is 365 g/mol. The standard InChI is InChI=1S/C20H13ClN2OS/c21-19-14(7-4-8-15(19)13-5-2-1-3-6-13)11-16-20-17(9-10-22-16)25-18(12-24)23-20/h1-10,12H,11H2. The van der Waals surface area contributed by atoms with Gasteiger partial charge in [0.2, 0.25) is 0 Å². The van der Waals surface area contributed by atoms with Crippen LogP contribution in [0, 0.1) is 0 Å². The fourth-order valence-electron chi connectivity index (χ4n) is 2.84. The monoisotopic (exact) mass is 364 g/mol. The second-order valence-electron chi connectivity index (χ2n) is 5.60. The van der Waals surface area contributed by atoms with E-state index in [4.69, 9.17) is 11.6 Å².